The van der Waals surface area contributed by atoms with Crippen molar-refractivity contribution in [1.29, 1.82) is 0 Å². The van der Waals surface area contributed by atoms with Crippen LogP contribution in [0, 0.1) is 10.1 Å². The fourth-order valence-electron chi connectivity index (χ4n) is 1.29. The maximum atomic E-state index is 11.5. The number of carbonyl (C=O) groups is 1. The fraction of sp³-hybridized carbons (Fsp3) is 0.364. The molecule has 7 heteroatoms. The number of nitro groups is 1. The smallest absolute Gasteiger partial charge is 0.311 e. The number of rotatable bonds is 5. The first-order valence-electron chi connectivity index (χ1n) is 5.10. The molecule has 0 saturated carbocycles. The third-order valence-corrected chi connectivity index (χ3v) is 2.40. The number of benzene rings is 1. The highest BCUT2D eigenvalue weighted by atomic mass is 35.5. The average Bonchev–Trinajstić information content (AvgIpc) is 2.27. The predicted molar refractivity (Wildman–Crippen MR) is 68.7 cm³/mol. The van der Waals surface area contributed by atoms with Crippen LogP contribution < -0.4 is 4.74 Å². The number of alkyl halides is 2. The minimum Gasteiger partial charge on any atom is -0.484 e. The Bertz CT molecular complexity index is 474. The van der Waals surface area contributed by atoms with Crippen molar-refractivity contribution in [1.82, 2.24) is 0 Å². The lowest BCUT2D eigenvalue weighted by Gasteiger charge is -2.10. The number of carbonyl (C=O) groups excluding carboxylic acids is 1. The summed E-state index contributed by atoms with van der Waals surface area (Å²) in [5, 5.41) is 10.9. The average molecular weight is 292 g/mol. The van der Waals surface area contributed by atoms with E-state index in [9.17, 15) is 14.9 Å². The fourth-order valence-corrected chi connectivity index (χ4v) is 1.54. The van der Waals surface area contributed by atoms with Gasteiger partial charge in [0.2, 0.25) is 0 Å². The largest absolute Gasteiger partial charge is 0.484 e. The number of nitrogens with zero attached hydrogens (tertiary/aromatic N) is 1. The first kappa shape index (κ1) is 14.7. The molecule has 0 spiro atoms. The van der Waals surface area contributed by atoms with Gasteiger partial charge in [-0.25, -0.2) is 0 Å². The van der Waals surface area contributed by atoms with Crippen molar-refractivity contribution >= 4 is 34.7 Å². The molecule has 1 aromatic carbocycles. The molecule has 0 N–H and O–H groups in total. The third-order valence-electron chi connectivity index (χ3n) is 2.00. The maximum Gasteiger partial charge on any atom is 0.311 e. The minimum atomic E-state index is -1.25. The van der Waals surface area contributed by atoms with E-state index < -0.39 is 15.5 Å². The monoisotopic (exact) mass is 291 g/mol. The zero-order chi connectivity index (χ0) is 13.9. The highest BCUT2D eigenvalue weighted by Crippen LogP contribution is 2.29. The van der Waals surface area contributed by atoms with Gasteiger partial charge < -0.3 is 4.74 Å². The Morgan fingerprint density at radius 1 is 1.39 bits per heavy atom. The van der Waals surface area contributed by atoms with E-state index in [1.807, 2.05) is 0 Å². The summed E-state index contributed by atoms with van der Waals surface area (Å²) in [5.41, 5.74) is -0.212. The normalized spacial score (nSPS) is 10.8. The number of hydrogen-bond donors (Lipinski definition) is 0. The lowest BCUT2D eigenvalue weighted by Crippen LogP contribution is -2.11. The van der Waals surface area contributed by atoms with Gasteiger partial charge in [-0.15, -0.1) is 0 Å². The van der Waals surface area contributed by atoms with Crippen LogP contribution in [0.3, 0.4) is 0 Å². The van der Waals surface area contributed by atoms with Crippen molar-refractivity contribution in [3.8, 4) is 5.75 Å². The van der Waals surface area contributed by atoms with Gasteiger partial charge in [0.05, 0.1) is 11.0 Å². The molecular weight excluding hydrogens is 281 g/mol. The molecule has 0 aliphatic carbocycles. The summed E-state index contributed by atoms with van der Waals surface area (Å²) in [6.07, 6.45) is -0.209. The lowest BCUT2D eigenvalue weighted by molar-refractivity contribution is -0.386. The summed E-state index contributed by atoms with van der Waals surface area (Å²) in [7, 11) is 0. The van der Waals surface area contributed by atoms with E-state index in [1.54, 1.807) is 13.8 Å². The molecular formula is C11H11Cl2NO4. The summed E-state index contributed by atoms with van der Waals surface area (Å²) in [4.78, 5) is 20.6. The van der Waals surface area contributed by atoms with Gasteiger partial charge in [0.25, 0.3) is 0 Å². The summed E-state index contributed by atoms with van der Waals surface area (Å²) in [6, 6.07) is 3.87. The Balaban J connectivity index is 3.19. The van der Waals surface area contributed by atoms with Crippen LogP contribution in [0.4, 0.5) is 5.69 Å². The summed E-state index contributed by atoms with van der Waals surface area (Å²) in [5.74, 6) is -0.482. The molecule has 0 unspecified atom stereocenters. The first-order chi connectivity index (χ1) is 8.32. The predicted octanol–water partition coefficient (Wildman–Crippen LogP) is 3.37. The third kappa shape index (κ3) is 3.58. The van der Waals surface area contributed by atoms with Crippen LogP contribution in [0.2, 0.25) is 0 Å². The van der Waals surface area contributed by atoms with E-state index >= 15 is 0 Å². The van der Waals surface area contributed by atoms with Crippen molar-refractivity contribution in [2.45, 2.75) is 24.8 Å². The molecule has 0 amide bonds. The minimum absolute atomic E-state index is 0.0767. The molecule has 0 aliphatic heterocycles. The summed E-state index contributed by atoms with van der Waals surface area (Å²) in [6.45, 7) is 3.49. The standard InChI is InChI=1S/C11H11Cl2NO4/c1-6(2)18-9-4-3-7(10(15)11(12)13)5-8(9)14(16)17/h3-6,11H,1-2H3. The highest BCUT2D eigenvalue weighted by Gasteiger charge is 2.22. The van der Waals surface area contributed by atoms with Gasteiger partial charge in [-0.05, 0) is 26.0 Å². The molecule has 5 nitrogen and oxygen atoms in total. The SMILES string of the molecule is CC(C)Oc1ccc(C(=O)C(Cl)Cl)cc1[N+](=O)[O-]. The molecule has 0 radical (unpaired) electrons. The molecule has 0 aliphatic rings. The van der Waals surface area contributed by atoms with Gasteiger partial charge in [0.1, 0.15) is 0 Å². The second kappa shape index (κ2) is 6.02. The van der Waals surface area contributed by atoms with Crippen LogP contribution in [0.25, 0.3) is 0 Å². The van der Waals surface area contributed by atoms with E-state index in [2.05, 4.69) is 0 Å². The van der Waals surface area contributed by atoms with Crippen molar-refractivity contribution < 1.29 is 14.5 Å². The van der Waals surface area contributed by atoms with Crippen LogP contribution in [0.1, 0.15) is 24.2 Å². The Kier molecular flexibility index (Phi) is 4.93. The summed E-state index contributed by atoms with van der Waals surface area (Å²) < 4.78 is 5.28. The molecule has 0 aromatic heterocycles. The Hall–Kier alpha value is -1.33. The van der Waals surface area contributed by atoms with E-state index in [-0.39, 0.29) is 23.1 Å². The van der Waals surface area contributed by atoms with E-state index in [4.69, 9.17) is 27.9 Å². The van der Waals surface area contributed by atoms with Gasteiger partial charge in [0.15, 0.2) is 16.4 Å². The topological polar surface area (TPSA) is 69.4 Å². The Labute approximate surface area is 114 Å². The lowest BCUT2D eigenvalue weighted by atomic mass is 10.1. The van der Waals surface area contributed by atoms with Gasteiger partial charge in [-0.3, -0.25) is 14.9 Å². The van der Waals surface area contributed by atoms with E-state index in [0.29, 0.717) is 0 Å². The molecule has 0 atom stereocenters. The number of ether oxygens (including phenoxy) is 1. The quantitative estimate of drug-likeness (QED) is 0.361. The van der Waals surface area contributed by atoms with Gasteiger partial charge in [0, 0.05) is 11.6 Å². The second-order valence-corrected chi connectivity index (χ2v) is 4.87. The zero-order valence-corrected chi connectivity index (χ0v) is 11.2. The number of hydrogen-bond acceptors (Lipinski definition) is 4. The van der Waals surface area contributed by atoms with Gasteiger partial charge >= 0.3 is 5.69 Å². The van der Waals surface area contributed by atoms with Crippen molar-refractivity contribution in [2.24, 2.45) is 0 Å². The van der Waals surface area contributed by atoms with Crippen LogP contribution in [-0.4, -0.2) is 21.6 Å². The zero-order valence-electron chi connectivity index (χ0n) is 9.72. The van der Waals surface area contributed by atoms with Gasteiger partial charge in [-0.1, -0.05) is 23.2 Å². The summed E-state index contributed by atoms with van der Waals surface area (Å²) >= 11 is 10.9. The molecule has 0 fully saturated rings. The molecule has 0 bridgehead atoms. The first-order valence-corrected chi connectivity index (χ1v) is 5.97. The van der Waals surface area contributed by atoms with Crippen LogP contribution >= 0.6 is 23.2 Å². The number of Topliss-reactive ketones (excluding diaryl/α,β-unsaturated/α-hetero) is 1. The molecule has 0 saturated heterocycles. The maximum absolute atomic E-state index is 11.5. The van der Waals surface area contributed by atoms with Crippen LogP contribution in [0.5, 0.6) is 5.75 Å². The highest BCUT2D eigenvalue weighted by molar-refractivity contribution is 6.55. The van der Waals surface area contributed by atoms with Crippen LogP contribution in [0.15, 0.2) is 18.2 Å². The van der Waals surface area contributed by atoms with Crippen molar-refractivity contribution in [3.63, 3.8) is 0 Å². The molecule has 98 valence electrons. The van der Waals surface area contributed by atoms with E-state index in [1.165, 1.54) is 12.1 Å². The molecule has 1 rings (SSSR count). The van der Waals surface area contributed by atoms with Crippen molar-refractivity contribution in [2.75, 3.05) is 0 Å². The van der Waals surface area contributed by atoms with Gasteiger partial charge in [-0.2, -0.15) is 0 Å². The Morgan fingerprint density at radius 3 is 2.44 bits per heavy atom. The van der Waals surface area contributed by atoms with Crippen LogP contribution in [-0.2, 0) is 0 Å². The molecule has 1 aromatic rings. The second-order valence-electron chi connectivity index (χ2n) is 3.77. The van der Waals surface area contributed by atoms with Crippen molar-refractivity contribution in [3.05, 3.63) is 33.9 Å². The molecule has 18 heavy (non-hydrogen) atoms. The van der Waals surface area contributed by atoms with E-state index in [0.717, 1.165) is 6.07 Å². The number of nitro benzene ring substituents is 1. The molecule has 0 heterocycles. The number of halogens is 2. The Morgan fingerprint density at radius 2 is 2.00 bits per heavy atom. The number of ketones is 1.